The number of nitrogens with one attached hydrogen (secondary N) is 1. The molecule has 0 fully saturated rings. The third-order valence-electron chi connectivity index (χ3n) is 2.22. The highest BCUT2D eigenvalue weighted by atomic mass is 79.9. The monoisotopic (exact) mass is 302 g/mol. The zero-order valence-electron chi connectivity index (χ0n) is 9.01. The van der Waals surface area contributed by atoms with Gasteiger partial charge >= 0.3 is 5.97 Å². The van der Waals surface area contributed by atoms with Crippen molar-refractivity contribution in [3.8, 4) is 0 Å². The van der Waals surface area contributed by atoms with Gasteiger partial charge in [0.15, 0.2) is 0 Å². The van der Waals surface area contributed by atoms with E-state index in [0.717, 1.165) is 5.56 Å². The Labute approximate surface area is 106 Å². The maximum Gasteiger partial charge on any atom is 0.320 e. The van der Waals surface area contributed by atoms with Crippen LogP contribution in [0.3, 0.4) is 0 Å². The summed E-state index contributed by atoms with van der Waals surface area (Å²) in [4.78, 5) is 20.6. The van der Waals surface area contributed by atoms with Gasteiger partial charge in [0.05, 0.1) is 4.92 Å². The summed E-state index contributed by atoms with van der Waals surface area (Å²) in [6, 6.07) is 3.69. The molecule has 0 saturated heterocycles. The summed E-state index contributed by atoms with van der Waals surface area (Å²) in [5.41, 5.74) is 0.760. The number of non-ortho nitro benzene ring substituents is 1. The van der Waals surface area contributed by atoms with E-state index < -0.39 is 16.9 Å². The van der Waals surface area contributed by atoms with Crippen LogP contribution in [0.1, 0.15) is 12.5 Å². The molecule has 0 aliphatic rings. The SMILES string of the molecule is C[C@H](NCc1ccc([N+](=O)[O-])cc1Br)C(=O)O. The van der Waals surface area contributed by atoms with Crippen LogP contribution in [0, 0.1) is 10.1 Å². The Hall–Kier alpha value is -1.47. The van der Waals surface area contributed by atoms with E-state index in [-0.39, 0.29) is 5.69 Å². The van der Waals surface area contributed by atoms with Crippen LogP contribution in [-0.2, 0) is 11.3 Å². The Kier molecular flexibility index (Phi) is 4.59. The Morgan fingerprint density at radius 1 is 1.65 bits per heavy atom. The first-order valence-electron chi connectivity index (χ1n) is 4.81. The molecule has 0 unspecified atom stereocenters. The molecule has 2 N–H and O–H groups in total. The minimum atomic E-state index is -0.942. The molecule has 92 valence electrons. The molecule has 0 aromatic heterocycles. The number of carbonyl (C=O) groups is 1. The fourth-order valence-electron chi connectivity index (χ4n) is 1.14. The molecule has 1 atom stereocenters. The highest BCUT2D eigenvalue weighted by Crippen LogP contribution is 2.22. The number of rotatable bonds is 5. The number of carboxylic acids is 1. The van der Waals surface area contributed by atoms with Crippen molar-refractivity contribution >= 4 is 27.6 Å². The lowest BCUT2D eigenvalue weighted by Crippen LogP contribution is -2.33. The second kappa shape index (κ2) is 5.74. The van der Waals surface area contributed by atoms with Crippen molar-refractivity contribution < 1.29 is 14.8 Å². The summed E-state index contributed by atoms with van der Waals surface area (Å²) >= 11 is 3.21. The summed E-state index contributed by atoms with van der Waals surface area (Å²) in [7, 11) is 0. The number of halogens is 1. The van der Waals surface area contributed by atoms with E-state index in [1.165, 1.54) is 19.1 Å². The highest BCUT2D eigenvalue weighted by Gasteiger charge is 2.12. The number of hydrogen-bond donors (Lipinski definition) is 2. The predicted octanol–water partition coefficient (Wildman–Crippen LogP) is 1.92. The normalized spacial score (nSPS) is 12.1. The standard InChI is InChI=1S/C10H11BrN2O4/c1-6(10(14)15)12-5-7-2-3-8(13(16)17)4-9(7)11/h2-4,6,12H,5H2,1H3,(H,14,15)/t6-/m0/s1. The molecule has 6 nitrogen and oxygen atoms in total. The number of carboxylic acid groups (broad SMARTS) is 1. The molecule has 0 spiro atoms. The van der Waals surface area contributed by atoms with Gasteiger partial charge in [-0.15, -0.1) is 0 Å². The van der Waals surface area contributed by atoms with Gasteiger partial charge in [0.25, 0.3) is 5.69 Å². The molecule has 0 radical (unpaired) electrons. The van der Waals surface area contributed by atoms with E-state index >= 15 is 0 Å². The van der Waals surface area contributed by atoms with E-state index in [9.17, 15) is 14.9 Å². The van der Waals surface area contributed by atoms with Gasteiger partial charge in [-0.3, -0.25) is 14.9 Å². The average Bonchev–Trinajstić information content (AvgIpc) is 2.26. The molecule has 1 aromatic carbocycles. The number of aliphatic carboxylic acids is 1. The lowest BCUT2D eigenvalue weighted by Gasteiger charge is -2.10. The van der Waals surface area contributed by atoms with Crippen LogP contribution < -0.4 is 5.32 Å². The molecule has 7 heteroatoms. The minimum Gasteiger partial charge on any atom is -0.480 e. The number of hydrogen-bond acceptors (Lipinski definition) is 4. The van der Waals surface area contributed by atoms with Crippen molar-refractivity contribution in [1.29, 1.82) is 0 Å². The van der Waals surface area contributed by atoms with Crippen molar-refractivity contribution in [3.05, 3.63) is 38.3 Å². The maximum absolute atomic E-state index is 10.6. The predicted molar refractivity (Wildman–Crippen MR) is 64.7 cm³/mol. The number of benzene rings is 1. The summed E-state index contributed by atoms with van der Waals surface area (Å²) in [6.07, 6.45) is 0. The first-order chi connectivity index (χ1) is 7.91. The van der Waals surface area contributed by atoms with Gasteiger partial charge in [-0.05, 0) is 18.6 Å². The van der Waals surface area contributed by atoms with Gasteiger partial charge in [0.2, 0.25) is 0 Å². The third kappa shape index (κ3) is 3.79. The van der Waals surface area contributed by atoms with Crippen LogP contribution in [0.4, 0.5) is 5.69 Å². The van der Waals surface area contributed by atoms with Gasteiger partial charge in [0, 0.05) is 23.2 Å². The smallest absolute Gasteiger partial charge is 0.320 e. The first-order valence-corrected chi connectivity index (χ1v) is 5.60. The average molecular weight is 303 g/mol. The Morgan fingerprint density at radius 3 is 2.76 bits per heavy atom. The molecule has 17 heavy (non-hydrogen) atoms. The molecule has 0 bridgehead atoms. The van der Waals surface area contributed by atoms with Crippen LogP contribution in [-0.4, -0.2) is 22.0 Å². The van der Waals surface area contributed by atoms with E-state index in [2.05, 4.69) is 21.2 Å². The molecular weight excluding hydrogens is 292 g/mol. The molecule has 1 aromatic rings. The fourth-order valence-corrected chi connectivity index (χ4v) is 1.65. The lowest BCUT2D eigenvalue weighted by atomic mass is 10.2. The Morgan fingerprint density at radius 2 is 2.29 bits per heavy atom. The van der Waals surface area contributed by atoms with E-state index in [1.807, 2.05) is 0 Å². The highest BCUT2D eigenvalue weighted by molar-refractivity contribution is 9.10. The van der Waals surface area contributed by atoms with Crippen molar-refractivity contribution in [3.63, 3.8) is 0 Å². The van der Waals surface area contributed by atoms with Crippen LogP contribution >= 0.6 is 15.9 Å². The van der Waals surface area contributed by atoms with Crippen LogP contribution in [0.15, 0.2) is 22.7 Å². The van der Waals surface area contributed by atoms with Crippen molar-refractivity contribution in [1.82, 2.24) is 5.32 Å². The summed E-state index contributed by atoms with van der Waals surface area (Å²) in [6.45, 7) is 1.85. The van der Waals surface area contributed by atoms with E-state index in [4.69, 9.17) is 5.11 Å². The van der Waals surface area contributed by atoms with Gasteiger partial charge in [-0.25, -0.2) is 0 Å². The van der Waals surface area contributed by atoms with Gasteiger partial charge in [-0.1, -0.05) is 15.9 Å². The summed E-state index contributed by atoms with van der Waals surface area (Å²) < 4.78 is 0.580. The zero-order valence-corrected chi connectivity index (χ0v) is 10.6. The van der Waals surface area contributed by atoms with Crippen LogP contribution in [0.5, 0.6) is 0 Å². The zero-order chi connectivity index (χ0) is 13.0. The second-order valence-electron chi connectivity index (χ2n) is 3.47. The van der Waals surface area contributed by atoms with Gasteiger partial charge in [0.1, 0.15) is 6.04 Å². The molecule has 0 heterocycles. The topological polar surface area (TPSA) is 92.5 Å². The summed E-state index contributed by atoms with van der Waals surface area (Å²) in [5.74, 6) is -0.942. The number of nitro benzene ring substituents is 1. The molecule has 1 rings (SSSR count). The quantitative estimate of drug-likeness (QED) is 0.640. The molecule has 0 aliphatic carbocycles. The lowest BCUT2D eigenvalue weighted by molar-refractivity contribution is -0.384. The fraction of sp³-hybridized carbons (Fsp3) is 0.300. The van der Waals surface area contributed by atoms with Gasteiger partial charge < -0.3 is 10.4 Å². The molecule has 0 amide bonds. The van der Waals surface area contributed by atoms with Gasteiger partial charge in [-0.2, -0.15) is 0 Å². The van der Waals surface area contributed by atoms with E-state index in [0.29, 0.717) is 11.0 Å². The van der Waals surface area contributed by atoms with E-state index in [1.54, 1.807) is 6.07 Å². The number of nitro groups is 1. The van der Waals surface area contributed by atoms with Crippen molar-refractivity contribution in [2.45, 2.75) is 19.5 Å². The largest absolute Gasteiger partial charge is 0.480 e. The molecule has 0 saturated carbocycles. The number of nitrogens with zero attached hydrogens (tertiary/aromatic N) is 1. The minimum absolute atomic E-state index is 0.00749. The third-order valence-corrected chi connectivity index (χ3v) is 2.95. The van der Waals surface area contributed by atoms with Crippen molar-refractivity contribution in [2.75, 3.05) is 0 Å². The Bertz CT molecular complexity index is 450. The van der Waals surface area contributed by atoms with Crippen LogP contribution in [0.25, 0.3) is 0 Å². The van der Waals surface area contributed by atoms with Crippen LogP contribution in [0.2, 0.25) is 0 Å². The second-order valence-corrected chi connectivity index (χ2v) is 4.33. The first kappa shape index (κ1) is 13.6. The van der Waals surface area contributed by atoms with Crippen molar-refractivity contribution in [2.24, 2.45) is 0 Å². The summed E-state index contributed by atoms with van der Waals surface area (Å²) in [5, 5.41) is 22.0. The Balaban J connectivity index is 2.73. The maximum atomic E-state index is 10.6. The molecular formula is C10H11BrN2O4. The molecule has 0 aliphatic heterocycles.